The number of carbonyl (C=O) groups is 1. The van der Waals surface area contributed by atoms with Crippen LogP contribution in [0.3, 0.4) is 0 Å². The van der Waals surface area contributed by atoms with E-state index >= 15 is 4.39 Å². The number of amides is 1. The molecule has 2 aliphatic heterocycles. The van der Waals surface area contributed by atoms with Crippen LogP contribution in [0.2, 0.25) is 0 Å². The molecule has 1 aromatic heterocycles. The van der Waals surface area contributed by atoms with Gasteiger partial charge in [-0.05, 0) is 98.9 Å². The fourth-order valence-electron chi connectivity index (χ4n) is 7.27. The maximum Gasteiger partial charge on any atom is 0.254 e. The molecular formula is C33H32F2N6O2. The number of carbonyl (C=O) groups excluding carboxylic acids is 1. The summed E-state index contributed by atoms with van der Waals surface area (Å²) in [5, 5.41) is 28.5. The summed E-state index contributed by atoms with van der Waals surface area (Å²) in [5.41, 5.74) is 8.57. The van der Waals surface area contributed by atoms with Crippen molar-refractivity contribution in [2.45, 2.75) is 82.1 Å². The average molecular weight is 583 g/mol. The Labute approximate surface area is 247 Å². The van der Waals surface area contributed by atoms with E-state index in [1.54, 1.807) is 41.9 Å². The van der Waals surface area contributed by atoms with E-state index in [2.05, 4.69) is 10.3 Å². The van der Waals surface area contributed by atoms with Crippen molar-refractivity contribution in [3.63, 3.8) is 0 Å². The molecule has 0 radical (unpaired) electrons. The molecule has 2 saturated heterocycles. The number of nitrogens with two attached hydrogens (primary N) is 1. The zero-order chi connectivity index (χ0) is 30.0. The number of hydrogen-bond donors (Lipinski definition) is 2. The molecule has 7 rings (SSSR count). The van der Waals surface area contributed by atoms with Crippen molar-refractivity contribution in [3.8, 4) is 28.3 Å². The minimum atomic E-state index is -0.865. The van der Waals surface area contributed by atoms with Crippen molar-refractivity contribution in [3.05, 3.63) is 70.8 Å². The van der Waals surface area contributed by atoms with Gasteiger partial charge in [-0.15, -0.1) is 5.10 Å². The Bertz CT molecular complexity index is 1810. The molecule has 0 spiro atoms. The van der Waals surface area contributed by atoms with Crippen LogP contribution in [0.15, 0.2) is 42.5 Å². The van der Waals surface area contributed by atoms with Crippen LogP contribution in [-0.4, -0.2) is 54.6 Å². The summed E-state index contributed by atoms with van der Waals surface area (Å²) >= 11 is 0. The quantitative estimate of drug-likeness (QED) is 0.332. The molecule has 4 aromatic rings. The van der Waals surface area contributed by atoms with Gasteiger partial charge in [-0.25, -0.2) is 13.5 Å². The Hall–Kier alpha value is -4.20. The lowest BCUT2D eigenvalue weighted by molar-refractivity contribution is -0.0492. The molecule has 3 N–H and O–H groups in total. The van der Waals surface area contributed by atoms with Gasteiger partial charge in [0.15, 0.2) is 0 Å². The molecule has 3 fully saturated rings. The van der Waals surface area contributed by atoms with Gasteiger partial charge >= 0.3 is 0 Å². The largest absolute Gasteiger partial charge is 0.388 e. The molecular weight excluding hydrogens is 550 g/mol. The Kier molecular flexibility index (Phi) is 6.56. The highest BCUT2D eigenvalue weighted by atomic mass is 19.1. The predicted molar refractivity (Wildman–Crippen MR) is 157 cm³/mol. The molecule has 3 aromatic carbocycles. The Morgan fingerprint density at radius 1 is 1.09 bits per heavy atom. The first kappa shape index (κ1) is 27.6. The van der Waals surface area contributed by atoms with Gasteiger partial charge in [0.05, 0.1) is 23.2 Å². The number of halogens is 2. The van der Waals surface area contributed by atoms with E-state index in [1.807, 2.05) is 11.0 Å². The summed E-state index contributed by atoms with van der Waals surface area (Å²) < 4.78 is 32.7. The van der Waals surface area contributed by atoms with Crippen LogP contribution in [0.25, 0.3) is 33.3 Å². The van der Waals surface area contributed by atoms with Gasteiger partial charge in [-0.3, -0.25) is 4.79 Å². The summed E-state index contributed by atoms with van der Waals surface area (Å²) in [6, 6.07) is 13.0. The Morgan fingerprint density at radius 2 is 1.84 bits per heavy atom. The zero-order valence-electron chi connectivity index (χ0n) is 23.9. The van der Waals surface area contributed by atoms with E-state index < -0.39 is 17.2 Å². The van der Waals surface area contributed by atoms with Crippen molar-refractivity contribution in [1.29, 1.82) is 5.26 Å². The molecule has 10 heteroatoms. The molecule has 2 bridgehead atoms. The number of fused-ring (bicyclic) bond motifs is 3. The maximum absolute atomic E-state index is 16.3. The highest BCUT2D eigenvalue weighted by Gasteiger charge is 2.42. The summed E-state index contributed by atoms with van der Waals surface area (Å²) in [4.78, 5) is 15.8. The van der Waals surface area contributed by atoms with Crippen molar-refractivity contribution in [2.24, 2.45) is 5.73 Å². The van der Waals surface area contributed by atoms with Crippen LogP contribution in [0, 0.1) is 29.9 Å². The van der Waals surface area contributed by atoms with E-state index in [1.165, 1.54) is 12.1 Å². The number of nitrogens with zero attached hydrogens (tertiary/aromatic N) is 5. The van der Waals surface area contributed by atoms with E-state index in [-0.39, 0.29) is 41.7 Å². The lowest BCUT2D eigenvalue weighted by Gasteiger charge is -2.38. The normalized spacial score (nSPS) is 22.4. The molecule has 3 aliphatic rings. The summed E-state index contributed by atoms with van der Waals surface area (Å²) in [6.45, 7) is 1.89. The Morgan fingerprint density at radius 3 is 2.49 bits per heavy atom. The number of piperidine rings is 1. The number of rotatable bonds is 5. The maximum atomic E-state index is 16.3. The van der Waals surface area contributed by atoms with Gasteiger partial charge in [0, 0.05) is 34.8 Å². The van der Waals surface area contributed by atoms with E-state index in [9.17, 15) is 19.6 Å². The summed E-state index contributed by atoms with van der Waals surface area (Å²) in [7, 11) is 0. The van der Waals surface area contributed by atoms with Crippen molar-refractivity contribution in [1.82, 2.24) is 19.9 Å². The number of aromatic nitrogens is 3. The topological polar surface area (TPSA) is 121 Å². The molecule has 8 nitrogen and oxygen atoms in total. The van der Waals surface area contributed by atoms with Gasteiger partial charge in [-0.1, -0.05) is 17.3 Å². The van der Waals surface area contributed by atoms with Crippen molar-refractivity contribution >= 4 is 16.9 Å². The van der Waals surface area contributed by atoms with Gasteiger partial charge in [0.1, 0.15) is 23.2 Å². The third-order valence-electron chi connectivity index (χ3n) is 9.65. The van der Waals surface area contributed by atoms with Gasteiger partial charge in [0.25, 0.3) is 5.91 Å². The smallest absolute Gasteiger partial charge is 0.254 e. The molecule has 0 unspecified atom stereocenters. The number of hydrogen-bond acceptors (Lipinski definition) is 6. The van der Waals surface area contributed by atoms with Gasteiger partial charge in [-0.2, -0.15) is 5.26 Å². The third kappa shape index (κ3) is 4.58. The molecule has 1 aliphatic carbocycles. The number of nitriles is 1. The van der Waals surface area contributed by atoms with Crippen molar-refractivity contribution < 1.29 is 18.7 Å². The van der Waals surface area contributed by atoms with Crippen LogP contribution < -0.4 is 5.73 Å². The number of aliphatic hydroxyl groups is 1. The summed E-state index contributed by atoms with van der Waals surface area (Å²) in [5.74, 6) is -1.31. The second-order valence-corrected chi connectivity index (χ2v) is 12.5. The van der Waals surface area contributed by atoms with Crippen LogP contribution in [-0.2, 0) is 6.54 Å². The standard InChI is InChI=1S/C33H32F2N6O2/c1-18-30(35)27(15-29-31(18)40(39-38-29)17-33(43)9-2-10-33)25-8-5-20(11-26(25)19-3-4-21(16-36)28(34)12-19)32(42)41-23-6-7-24(41)14-22(37)13-23/h3-5,8,11-12,15,22-24,43H,2,6-7,9-10,13-14,17,37H2,1H3/t22-,23+,24-. The molecule has 43 heavy (non-hydrogen) atoms. The minimum absolute atomic E-state index is 0.0804. The monoisotopic (exact) mass is 582 g/mol. The SMILES string of the molecule is Cc1c(F)c(-c2ccc(C(=O)N3[C@@H]4CC[C@H]3C[C@@H](N)C4)cc2-c2ccc(C#N)c(F)c2)cc2nnn(CC3(O)CCC3)c12. The number of aryl methyl sites for hydroxylation is 1. The fourth-order valence-corrected chi connectivity index (χ4v) is 7.27. The number of benzene rings is 3. The molecule has 3 heterocycles. The van der Waals surface area contributed by atoms with E-state index in [0.29, 0.717) is 51.7 Å². The third-order valence-corrected chi connectivity index (χ3v) is 9.65. The summed E-state index contributed by atoms with van der Waals surface area (Å²) in [6.07, 6.45) is 5.61. The van der Waals surface area contributed by atoms with Crippen molar-refractivity contribution in [2.75, 3.05) is 0 Å². The second kappa shape index (κ2) is 10.2. The first-order valence-electron chi connectivity index (χ1n) is 14.8. The minimum Gasteiger partial charge on any atom is -0.388 e. The zero-order valence-corrected chi connectivity index (χ0v) is 23.9. The first-order chi connectivity index (χ1) is 20.7. The Balaban J connectivity index is 1.35. The predicted octanol–water partition coefficient (Wildman–Crippen LogP) is 5.23. The molecule has 3 atom stereocenters. The first-order valence-corrected chi connectivity index (χ1v) is 14.8. The van der Waals surface area contributed by atoms with Gasteiger partial charge in [0.2, 0.25) is 0 Å². The molecule has 220 valence electrons. The van der Waals surface area contributed by atoms with Crippen LogP contribution in [0.1, 0.15) is 66.4 Å². The van der Waals surface area contributed by atoms with Crippen LogP contribution in [0.5, 0.6) is 0 Å². The van der Waals surface area contributed by atoms with Crippen LogP contribution in [0.4, 0.5) is 8.78 Å². The van der Waals surface area contributed by atoms with E-state index in [0.717, 1.165) is 32.1 Å². The lowest BCUT2D eigenvalue weighted by atomic mass is 9.80. The highest BCUT2D eigenvalue weighted by molar-refractivity contribution is 5.99. The second-order valence-electron chi connectivity index (χ2n) is 12.5. The lowest BCUT2D eigenvalue weighted by Crippen LogP contribution is -2.50. The molecule has 1 amide bonds. The fraction of sp³-hybridized carbons (Fsp3) is 0.394. The average Bonchev–Trinajstić information content (AvgIpc) is 3.50. The van der Waals surface area contributed by atoms with E-state index in [4.69, 9.17) is 5.73 Å². The highest BCUT2D eigenvalue weighted by Crippen LogP contribution is 2.41. The van der Waals surface area contributed by atoms with Gasteiger partial charge < -0.3 is 15.7 Å². The van der Waals surface area contributed by atoms with Crippen LogP contribution >= 0.6 is 0 Å². The molecule has 1 saturated carbocycles.